The number of ether oxygens (including phenoxy) is 1. The molecule has 0 aliphatic rings. The van der Waals surface area contributed by atoms with Crippen LogP contribution >= 0.6 is 12.2 Å². The van der Waals surface area contributed by atoms with Gasteiger partial charge in [0.15, 0.2) is 10.4 Å². The predicted octanol–water partition coefficient (Wildman–Crippen LogP) is 3.38. The number of hydrogen-bond donors (Lipinski definition) is 1. The first-order valence-corrected chi connectivity index (χ1v) is 7.38. The Kier molecular flexibility index (Phi) is 3.55. The van der Waals surface area contributed by atoms with Gasteiger partial charge in [-0.3, -0.25) is 4.57 Å². The van der Waals surface area contributed by atoms with Crippen molar-refractivity contribution in [2.45, 2.75) is 19.8 Å². The van der Waals surface area contributed by atoms with Gasteiger partial charge in [0.05, 0.1) is 18.5 Å². The number of para-hydroxylation sites is 2. The zero-order valence-electron chi connectivity index (χ0n) is 12.4. The zero-order chi connectivity index (χ0) is 15.0. The van der Waals surface area contributed by atoms with E-state index in [1.807, 2.05) is 40.6 Å². The van der Waals surface area contributed by atoms with Gasteiger partial charge in [-0.05, 0) is 30.8 Å². The molecule has 21 heavy (non-hydrogen) atoms. The maximum Gasteiger partial charge on any atom is 0.184 e. The van der Waals surface area contributed by atoms with Crippen LogP contribution in [0.3, 0.4) is 0 Å². The van der Waals surface area contributed by atoms with Crippen molar-refractivity contribution >= 4 is 23.4 Å². The van der Waals surface area contributed by atoms with Crippen LogP contribution < -0.4 is 4.74 Å². The maximum atomic E-state index is 5.51. The maximum absolute atomic E-state index is 5.51. The van der Waals surface area contributed by atoms with Crippen molar-refractivity contribution < 1.29 is 4.74 Å². The summed E-state index contributed by atoms with van der Waals surface area (Å²) in [5.41, 5.74) is 3.94. The van der Waals surface area contributed by atoms with Crippen molar-refractivity contribution in [2.75, 3.05) is 7.11 Å². The van der Waals surface area contributed by atoms with Crippen LogP contribution in [-0.4, -0.2) is 26.4 Å². The van der Waals surface area contributed by atoms with Gasteiger partial charge in [-0.25, -0.2) is 4.68 Å². The number of fused-ring (bicyclic) bond motifs is 1. The fraction of sp³-hybridized carbons (Fsp3) is 0.333. The van der Waals surface area contributed by atoms with Gasteiger partial charge < -0.3 is 9.72 Å². The Balaban J connectivity index is 2.33. The van der Waals surface area contributed by atoms with Crippen molar-refractivity contribution in [1.29, 1.82) is 0 Å². The smallest absolute Gasteiger partial charge is 0.184 e. The van der Waals surface area contributed by atoms with E-state index in [-0.39, 0.29) is 0 Å². The van der Waals surface area contributed by atoms with E-state index in [9.17, 15) is 0 Å². The number of hydrogen-bond acceptors (Lipinski definition) is 3. The number of benzene rings is 1. The fourth-order valence-corrected chi connectivity index (χ4v) is 2.95. The number of methoxy groups -OCH3 is 1. The van der Waals surface area contributed by atoms with Gasteiger partial charge in [-0.15, -0.1) is 0 Å². The highest BCUT2D eigenvalue weighted by Crippen LogP contribution is 2.28. The lowest BCUT2D eigenvalue weighted by atomic mass is 10.2. The van der Waals surface area contributed by atoms with Crippen molar-refractivity contribution in [3.05, 3.63) is 34.7 Å². The molecule has 0 bridgehead atoms. The van der Waals surface area contributed by atoms with Gasteiger partial charge in [-0.1, -0.05) is 25.5 Å². The predicted molar refractivity (Wildman–Crippen MR) is 85.8 cm³/mol. The zero-order valence-corrected chi connectivity index (χ0v) is 13.2. The van der Waals surface area contributed by atoms with E-state index in [1.54, 1.807) is 7.11 Å². The number of aromatic nitrogens is 4. The topological polar surface area (TPSA) is 47.8 Å². The summed E-state index contributed by atoms with van der Waals surface area (Å²) in [7, 11) is 3.61. The average Bonchev–Trinajstić information content (AvgIpc) is 2.97. The molecule has 0 amide bonds. The van der Waals surface area contributed by atoms with Gasteiger partial charge in [0, 0.05) is 7.05 Å². The largest absolute Gasteiger partial charge is 0.495 e. The number of imidazole rings is 1. The fourth-order valence-electron chi connectivity index (χ4n) is 2.66. The number of aromatic amines is 1. The van der Waals surface area contributed by atoms with Crippen LogP contribution in [0.25, 0.3) is 16.9 Å². The summed E-state index contributed by atoms with van der Waals surface area (Å²) in [5.74, 6) is 0.785. The normalized spacial score (nSPS) is 11.2. The molecule has 0 saturated heterocycles. The first-order chi connectivity index (χ1) is 10.2. The second-order valence-corrected chi connectivity index (χ2v) is 5.34. The number of aryl methyl sites for hydroxylation is 2. The van der Waals surface area contributed by atoms with Gasteiger partial charge in [0.2, 0.25) is 0 Å². The van der Waals surface area contributed by atoms with E-state index >= 15 is 0 Å². The van der Waals surface area contributed by atoms with E-state index in [0.29, 0.717) is 4.77 Å². The Bertz CT molecular complexity index is 843. The first-order valence-electron chi connectivity index (χ1n) is 6.97. The number of rotatable bonds is 4. The van der Waals surface area contributed by atoms with Crippen LogP contribution in [-0.2, 0) is 13.5 Å². The standard InChI is InChI=1S/C15H18N4OS/c1-4-7-10-13-14(18(2)17-10)19(15(21)16-13)11-8-5-6-9-12(11)20-3/h5-6,8-9H,4,7H2,1-3H3,(H,16,21). The summed E-state index contributed by atoms with van der Waals surface area (Å²) in [4.78, 5) is 3.29. The molecule has 110 valence electrons. The molecule has 0 aliphatic heterocycles. The van der Waals surface area contributed by atoms with Crippen molar-refractivity contribution in [3.63, 3.8) is 0 Å². The van der Waals surface area contributed by atoms with Crippen LogP contribution in [0.2, 0.25) is 0 Å². The van der Waals surface area contributed by atoms with Crippen molar-refractivity contribution in [3.8, 4) is 11.4 Å². The molecule has 0 radical (unpaired) electrons. The Morgan fingerprint density at radius 3 is 2.81 bits per heavy atom. The molecule has 0 aliphatic carbocycles. The number of H-pyrrole nitrogens is 1. The molecule has 2 heterocycles. The van der Waals surface area contributed by atoms with Crippen molar-refractivity contribution in [2.24, 2.45) is 7.05 Å². The van der Waals surface area contributed by atoms with Crippen LogP contribution in [0, 0.1) is 4.77 Å². The molecule has 1 aromatic carbocycles. The molecule has 2 aromatic heterocycles. The van der Waals surface area contributed by atoms with Crippen LogP contribution in [0.1, 0.15) is 19.0 Å². The molecule has 0 atom stereocenters. The summed E-state index contributed by atoms with van der Waals surface area (Å²) >= 11 is 5.51. The highest BCUT2D eigenvalue weighted by Gasteiger charge is 2.17. The molecule has 3 rings (SSSR count). The molecule has 0 unspecified atom stereocenters. The molecule has 1 N–H and O–H groups in total. The lowest BCUT2D eigenvalue weighted by molar-refractivity contribution is 0.413. The second-order valence-electron chi connectivity index (χ2n) is 4.96. The highest BCUT2D eigenvalue weighted by molar-refractivity contribution is 7.71. The molecule has 0 fully saturated rings. The highest BCUT2D eigenvalue weighted by atomic mass is 32.1. The third kappa shape index (κ3) is 2.15. The quantitative estimate of drug-likeness (QED) is 0.752. The number of nitrogens with one attached hydrogen (secondary N) is 1. The summed E-state index contributed by atoms with van der Waals surface area (Å²) in [6.45, 7) is 2.15. The van der Waals surface area contributed by atoms with Gasteiger partial charge in [0.25, 0.3) is 0 Å². The van der Waals surface area contributed by atoms with E-state index in [0.717, 1.165) is 41.1 Å². The molecule has 0 spiro atoms. The third-order valence-electron chi connectivity index (χ3n) is 3.55. The molecule has 5 nitrogen and oxygen atoms in total. The van der Waals surface area contributed by atoms with E-state index < -0.39 is 0 Å². The van der Waals surface area contributed by atoms with Crippen molar-refractivity contribution in [1.82, 2.24) is 19.3 Å². The summed E-state index contributed by atoms with van der Waals surface area (Å²) < 4.78 is 9.97. The van der Waals surface area contributed by atoms with Crippen LogP contribution in [0.5, 0.6) is 5.75 Å². The van der Waals surface area contributed by atoms with E-state index in [4.69, 9.17) is 17.0 Å². The minimum absolute atomic E-state index is 0.653. The number of nitrogens with zero attached hydrogens (tertiary/aromatic N) is 3. The van der Waals surface area contributed by atoms with Crippen LogP contribution in [0.15, 0.2) is 24.3 Å². The second kappa shape index (κ2) is 5.37. The van der Waals surface area contributed by atoms with E-state index in [2.05, 4.69) is 17.0 Å². The third-order valence-corrected chi connectivity index (χ3v) is 3.83. The first kappa shape index (κ1) is 13.9. The molecule has 0 saturated carbocycles. The van der Waals surface area contributed by atoms with Crippen LogP contribution in [0.4, 0.5) is 0 Å². The monoisotopic (exact) mass is 302 g/mol. The van der Waals surface area contributed by atoms with Gasteiger partial charge in [-0.2, -0.15) is 5.10 Å². The summed E-state index contributed by atoms with van der Waals surface area (Å²) in [6.07, 6.45) is 1.98. The molecular weight excluding hydrogens is 284 g/mol. The van der Waals surface area contributed by atoms with Gasteiger partial charge in [0.1, 0.15) is 11.3 Å². The molecule has 6 heteroatoms. The lowest BCUT2D eigenvalue weighted by Crippen LogP contribution is -2.02. The lowest BCUT2D eigenvalue weighted by Gasteiger charge is -2.09. The van der Waals surface area contributed by atoms with E-state index in [1.165, 1.54) is 0 Å². The Morgan fingerprint density at radius 2 is 2.10 bits per heavy atom. The Labute approximate surface area is 128 Å². The molecular formula is C15H18N4OS. The van der Waals surface area contributed by atoms with Gasteiger partial charge >= 0.3 is 0 Å². The average molecular weight is 302 g/mol. The SMILES string of the molecule is CCCc1nn(C)c2c1[nH]c(=S)n2-c1ccccc1OC. The minimum Gasteiger partial charge on any atom is -0.495 e. The summed E-state index contributed by atoms with van der Waals surface area (Å²) in [6, 6.07) is 7.84. The Hall–Kier alpha value is -2.08. The summed E-state index contributed by atoms with van der Waals surface area (Å²) in [5, 5.41) is 4.60. The molecule has 3 aromatic rings. The minimum atomic E-state index is 0.653. The Morgan fingerprint density at radius 1 is 1.33 bits per heavy atom.